The van der Waals surface area contributed by atoms with E-state index in [9.17, 15) is 4.39 Å². The number of aromatic amines is 1. The first-order valence-corrected chi connectivity index (χ1v) is 9.81. The molecule has 0 radical (unpaired) electrons. The third-order valence-electron chi connectivity index (χ3n) is 5.52. The number of hydrogen-bond acceptors (Lipinski definition) is 3. The van der Waals surface area contributed by atoms with Crippen LogP contribution in [0.4, 0.5) is 4.39 Å². The van der Waals surface area contributed by atoms with E-state index in [2.05, 4.69) is 56.9 Å². The molecular formula is C24H21FN4. The molecule has 2 N–H and O–H groups in total. The molecule has 0 unspecified atom stereocenters. The fourth-order valence-corrected chi connectivity index (χ4v) is 3.99. The minimum Gasteiger partial charge on any atom is -0.309 e. The molecule has 1 aliphatic rings. The molecule has 0 amide bonds. The second kappa shape index (κ2) is 7.60. The number of aromatic nitrogens is 3. The summed E-state index contributed by atoms with van der Waals surface area (Å²) in [6, 6.07) is 22.3. The maximum Gasteiger partial charge on any atom is 0.180 e. The highest BCUT2D eigenvalue weighted by atomic mass is 19.1. The normalized spacial score (nSPS) is 15.4. The summed E-state index contributed by atoms with van der Waals surface area (Å²) < 4.78 is 13.4. The van der Waals surface area contributed by atoms with Crippen molar-refractivity contribution in [1.29, 1.82) is 0 Å². The van der Waals surface area contributed by atoms with Crippen LogP contribution in [0.3, 0.4) is 0 Å². The third kappa shape index (κ3) is 3.82. The van der Waals surface area contributed by atoms with Gasteiger partial charge in [-0.3, -0.25) is 5.10 Å². The maximum absolute atomic E-state index is 13.4. The Morgan fingerprint density at radius 3 is 2.55 bits per heavy atom. The van der Waals surface area contributed by atoms with Gasteiger partial charge in [0.1, 0.15) is 12.1 Å². The molecule has 4 aromatic rings. The monoisotopic (exact) mass is 384 g/mol. The molecule has 0 aliphatic heterocycles. The summed E-state index contributed by atoms with van der Waals surface area (Å²) in [5, 5.41) is 10.5. The van der Waals surface area contributed by atoms with Crippen LogP contribution in [0.1, 0.15) is 16.7 Å². The number of hydrogen-bond donors (Lipinski definition) is 2. The number of nitrogens with zero attached hydrogens (tertiary/aromatic N) is 2. The number of fused-ring (bicyclic) bond motifs is 1. The minimum atomic E-state index is -0.146. The van der Waals surface area contributed by atoms with Crippen molar-refractivity contribution in [2.24, 2.45) is 0 Å². The molecule has 1 atom stereocenters. The van der Waals surface area contributed by atoms with Crippen LogP contribution in [0.2, 0.25) is 0 Å². The molecule has 0 spiro atoms. The lowest BCUT2D eigenvalue weighted by atomic mass is 10.0. The first-order valence-electron chi connectivity index (χ1n) is 9.81. The van der Waals surface area contributed by atoms with Gasteiger partial charge in [0.05, 0.1) is 0 Å². The van der Waals surface area contributed by atoms with Crippen molar-refractivity contribution in [2.75, 3.05) is 0 Å². The van der Waals surface area contributed by atoms with E-state index >= 15 is 0 Å². The quantitative estimate of drug-likeness (QED) is 0.531. The molecule has 1 aromatic heterocycles. The van der Waals surface area contributed by atoms with E-state index in [0.29, 0.717) is 11.9 Å². The van der Waals surface area contributed by atoms with E-state index in [4.69, 9.17) is 0 Å². The van der Waals surface area contributed by atoms with Crippen LogP contribution in [0.5, 0.6) is 0 Å². The van der Waals surface area contributed by atoms with Crippen LogP contribution in [0.15, 0.2) is 73.1 Å². The van der Waals surface area contributed by atoms with Gasteiger partial charge in [-0.25, -0.2) is 9.37 Å². The number of H-pyrrole nitrogens is 1. The molecule has 144 valence electrons. The zero-order valence-corrected chi connectivity index (χ0v) is 15.9. The molecule has 1 aliphatic carbocycles. The molecule has 29 heavy (non-hydrogen) atoms. The molecule has 0 saturated heterocycles. The Balaban J connectivity index is 1.24. The molecule has 4 nitrogen and oxygen atoms in total. The van der Waals surface area contributed by atoms with E-state index < -0.39 is 0 Å². The van der Waals surface area contributed by atoms with Gasteiger partial charge < -0.3 is 5.32 Å². The Kier molecular flexibility index (Phi) is 4.66. The summed E-state index contributed by atoms with van der Waals surface area (Å²) >= 11 is 0. The Bertz CT molecular complexity index is 1120. The van der Waals surface area contributed by atoms with Gasteiger partial charge in [-0.15, -0.1) is 0 Å². The molecule has 0 bridgehead atoms. The van der Waals surface area contributed by atoms with Crippen molar-refractivity contribution in [1.82, 2.24) is 20.5 Å². The first-order chi connectivity index (χ1) is 14.2. The third-order valence-corrected chi connectivity index (χ3v) is 5.52. The summed E-state index contributed by atoms with van der Waals surface area (Å²) in [5.41, 5.74) is 6.91. The van der Waals surface area contributed by atoms with Crippen molar-refractivity contribution in [3.63, 3.8) is 0 Å². The number of nitrogens with one attached hydrogen (secondary N) is 2. The second-order valence-electron chi connectivity index (χ2n) is 7.50. The highest BCUT2D eigenvalue weighted by Crippen LogP contribution is 2.26. The van der Waals surface area contributed by atoms with Gasteiger partial charge in [0, 0.05) is 18.2 Å². The van der Waals surface area contributed by atoms with Gasteiger partial charge in [0.15, 0.2) is 5.82 Å². The molecule has 0 fully saturated rings. The van der Waals surface area contributed by atoms with Crippen molar-refractivity contribution in [3.8, 4) is 22.5 Å². The lowest BCUT2D eigenvalue weighted by Crippen LogP contribution is -2.28. The standard InChI is InChI=1S/C24H21FN4/c25-22-9-8-19-12-23(13-21(19)11-22)26-14-16-4-6-17(7-5-16)18-2-1-3-20(10-18)24-27-15-28-29-24/h1-11,15,23,26H,12-14H2,(H,27,28,29)/t23-/m0/s1. The number of benzene rings is 3. The number of rotatable bonds is 5. The Morgan fingerprint density at radius 1 is 0.897 bits per heavy atom. The Hall–Kier alpha value is -3.31. The van der Waals surface area contributed by atoms with Crippen LogP contribution >= 0.6 is 0 Å². The predicted octanol–water partition coefficient (Wildman–Crippen LogP) is 4.53. The van der Waals surface area contributed by atoms with E-state index in [1.165, 1.54) is 11.1 Å². The molecular weight excluding hydrogens is 363 g/mol. The van der Waals surface area contributed by atoms with Gasteiger partial charge in [-0.2, -0.15) is 5.10 Å². The van der Waals surface area contributed by atoms with Crippen molar-refractivity contribution >= 4 is 0 Å². The first kappa shape index (κ1) is 17.8. The smallest absolute Gasteiger partial charge is 0.180 e. The van der Waals surface area contributed by atoms with Crippen LogP contribution in [0, 0.1) is 5.82 Å². The molecule has 0 saturated carbocycles. The molecule has 5 rings (SSSR count). The van der Waals surface area contributed by atoms with Crippen LogP contribution in [-0.4, -0.2) is 21.2 Å². The molecule has 1 heterocycles. The van der Waals surface area contributed by atoms with Crippen molar-refractivity contribution < 1.29 is 4.39 Å². The average molecular weight is 384 g/mol. The fourth-order valence-electron chi connectivity index (χ4n) is 3.99. The summed E-state index contributed by atoms with van der Waals surface area (Å²) in [6.45, 7) is 0.804. The van der Waals surface area contributed by atoms with Crippen molar-refractivity contribution in [2.45, 2.75) is 25.4 Å². The van der Waals surface area contributed by atoms with Gasteiger partial charge in [-0.05, 0) is 58.9 Å². The Labute approximate surface area is 168 Å². The van der Waals surface area contributed by atoms with E-state index in [0.717, 1.165) is 41.6 Å². The zero-order valence-electron chi connectivity index (χ0n) is 15.9. The predicted molar refractivity (Wildman–Crippen MR) is 112 cm³/mol. The average Bonchev–Trinajstić information content (AvgIpc) is 3.42. The lowest BCUT2D eigenvalue weighted by molar-refractivity contribution is 0.532. The summed E-state index contributed by atoms with van der Waals surface area (Å²) in [4.78, 5) is 4.22. The minimum absolute atomic E-state index is 0.146. The van der Waals surface area contributed by atoms with E-state index in [-0.39, 0.29) is 5.82 Å². The van der Waals surface area contributed by atoms with Gasteiger partial charge in [-0.1, -0.05) is 48.5 Å². The second-order valence-corrected chi connectivity index (χ2v) is 7.50. The zero-order chi connectivity index (χ0) is 19.6. The summed E-state index contributed by atoms with van der Waals surface area (Å²) in [7, 11) is 0. The fraction of sp³-hybridized carbons (Fsp3) is 0.167. The topological polar surface area (TPSA) is 53.6 Å². The lowest BCUT2D eigenvalue weighted by Gasteiger charge is -2.12. The van der Waals surface area contributed by atoms with Gasteiger partial charge in [0.2, 0.25) is 0 Å². The van der Waals surface area contributed by atoms with E-state index in [1.54, 1.807) is 18.5 Å². The highest BCUT2D eigenvalue weighted by Gasteiger charge is 2.21. The SMILES string of the molecule is Fc1ccc2c(c1)C[C@@H](NCc1ccc(-c3cccc(-c4nc[nH]n4)c3)cc1)C2. The largest absolute Gasteiger partial charge is 0.309 e. The maximum atomic E-state index is 13.4. The highest BCUT2D eigenvalue weighted by molar-refractivity contribution is 5.70. The summed E-state index contributed by atoms with van der Waals surface area (Å²) in [5.74, 6) is 0.553. The van der Waals surface area contributed by atoms with Crippen LogP contribution < -0.4 is 5.32 Å². The molecule has 5 heteroatoms. The Morgan fingerprint density at radius 2 is 1.72 bits per heavy atom. The van der Waals surface area contributed by atoms with E-state index in [1.807, 2.05) is 18.2 Å². The van der Waals surface area contributed by atoms with Gasteiger partial charge in [0.25, 0.3) is 0 Å². The van der Waals surface area contributed by atoms with Crippen LogP contribution in [-0.2, 0) is 19.4 Å². The summed E-state index contributed by atoms with van der Waals surface area (Å²) in [6.07, 6.45) is 3.43. The van der Waals surface area contributed by atoms with Crippen molar-refractivity contribution in [3.05, 3.63) is 95.6 Å². The van der Waals surface area contributed by atoms with Crippen LogP contribution in [0.25, 0.3) is 22.5 Å². The number of halogens is 1. The van der Waals surface area contributed by atoms with Gasteiger partial charge >= 0.3 is 0 Å². The molecule has 3 aromatic carbocycles.